The molecule has 1 N–H and O–H groups in total. The smallest absolute Gasteiger partial charge is 0.244 e. The van der Waals surface area contributed by atoms with E-state index in [1.165, 1.54) is 0 Å². The summed E-state index contributed by atoms with van der Waals surface area (Å²) in [7, 11) is -2.84. The molecule has 0 aliphatic rings. The Kier molecular flexibility index (Phi) is 5.08. The van der Waals surface area contributed by atoms with Gasteiger partial charge in [0.2, 0.25) is 10.0 Å². The minimum absolute atomic E-state index is 0.356. The molecule has 4 aromatic rings. The lowest BCUT2D eigenvalue weighted by Gasteiger charge is -2.19. The van der Waals surface area contributed by atoms with E-state index in [9.17, 15) is 21.6 Å². The van der Waals surface area contributed by atoms with Crippen molar-refractivity contribution in [2.75, 3.05) is 0 Å². The number of para-hydroxylation sites is 2. The molecule has 0 saturated carbocycles. The average Bonchev–Trinajstić information content (AvgIpc) is 3.07. The second-order valence-corrected chi connectivity index (χ2v) is 8.34. The summed E-state index contributed by atoms with van der Waals surface area (Å²) in [5.41, 5.74) is 1.96. The van der Waals surface area contributed by atoms with Gasteiger partial charge in [-0.1, -0.05) is 42.5 Å². The Bertz CT molecular complexity index is 1340. The first-order chi connectivity index (χ1) is 14.3. The van der Waals surface area contributed by atoms with Gasteiger partial charge < -0.3 is 4.57 Å². The molecule has 0 spiro atoms. The van der Waals surface area contributed by atoms with Crippen LogP contribution in [0.15, 0.2) is 71.6 Å². The molecule has 0 saturated heterocycles. The minimum Gasteiger partial charge on any atom is -0.329 e. The number of fused-ring (bicyclic) bond motifs is 1. The van der Waals surface area contributed by atoms with Crippen LogP contribution in [0.2, 0.25) is 0 Å². The van der Waals surface area contributed by atoms with Crippen molar-refractivity contribution < 1.29 is 21.6 Å². The summed E-state index contributed by atoms with van der Waals surface area (Å²) in [6.45, 7) is 0. The Morgan fingerprint density at radius 3 is 2.27 bits per heavy atom. The molecule has 0 amide bonds. The van der Waals surface area contributed by atoms with Crippen molar-refractivity contribution >= 4 is 21.1 Å². The van der Waals surface area contributed by atoms with E-state index >= 15 is 0 Å². The van der Waals surface area contributed by atoms with Gasteiger partial charge in [0.05, 0.1) is 11.0 Å². The van der Waals surface area contributed by atoms with Crippen LogP contribution in [-0.2, 0) is 17.1 Å². The average molecular weight is 431 g/mol. The number of sulfonamides is 1. The van der Waals surface area contributed by atoms with Gasteiger partial charge in [-0.2, -0.15) is 4.72 Å². The van der Waals surface area contributed by atoms with Crippen molar-refractivity contribution in [3.05, 3.63) is 95.6 Å². The van der Waals surface area contributed by atoms with Crippen LogP contribution in [0, 0.1) is 17.5 Å². The molecule has 1 heterocycles. The lowest BCUT2D eigenvalue weighted by Crippen LogP contribution is -2.32. The van der Waals surface area contributed by atoms with Gasteiger partial charge >= 0.3 is 0 Å². The molecule has 9 heteroatoms. The van der Waals surface area contributed by atoms with Gasteiger partial charge in [0.15, 0.2) is 17.5 Å². The number of nitrogens with one attached hydrogen (secondary N) is 1. The maximum absolute atomic E-state index is 14.2. The first-order valence-corrected chi connectivity index (χ1v) is 10.4. The van der Waals surface area contributed by atoms with E-state index in [1.807, 2.05) is 12.1 Å². The van der Waals surface area contributed by atoms with Crippen molar-refractivity contribution in [1.29, 1.82) is 0 Å². The SMILES string of the molecule is Cn1c(C(NS(=O)(=O)c2ccc(F)c(F)c2F)c2ccccc2)nc2ccccc21. The number of nitrogens with zero attached hydrogens (tertiary/aromatic N) is 2. The predicted molar refractivity (Wildman–Crippen MR) is 106 cm³/mol. The molecule has 154 valence electrons. The van der Waals surface area contributed by atoms with Crippen molar-refractivity contribution in [3.63, 3.8) is 0 Å². The monoisotopic (exact) mass is 431 g/mol. The zero-order valence-electron chi connectivity index (χ0n) is 15.7. The third kappa shape index (κ3) is 3.46. The fraction of sp³-hybridized carbons (Fsp3) is 0.0952. The van der Waals surface area contributed by atoms with Gasteiger partial charge in [-0.3, -0.25) is 0 Å². The third-order valence-corrected chi connectivity index (χ3v) is 6.22. The van der Waals surface area contributed by atoms with E-state index in [4.69, 9.17) is 0 Å². The van der Waals surface area contributed by atoms with Gasteiger partial charge in [-0.05, 0) is 29.8 Å². The number of imidazole rings is 1. The van der Waals surface area contributed by atoms with Gasteiger partial charge in [0.1, 0.15) is 16.8 Å². The van der Waals surface area contributed by atoms with Crippen LogP contribution in [0.1, 0.15) is 17.4 Å². The molecule has 1 atom stereocenters. The van der Waals surface area contributed by atoms with Crippen LogP contribution < -0.4 is 4.72 Å². The van der Waals surface area contributed by atoms with E-state index in [2.05, 4.69) is 9.71 Å². The molecule has 1 aromatic heterocycles. The van der Waals surface area contributed by atoms with Gasteiger partial charge in [0.25, 0.3) is 0 Å². The molecule has 0 fully saturated rings. The van der Waals surface area contributed by atoms with E-state index in [0.717, 1.165) is 5.52 Å². The lowest BCUT2D eigenvalue weighted by molar-refractivity contribution is 0.431. The van der Waals surface area contributed by atoms with Crippen molar-refractivity contribution in [1.82, 2.24) is 14.3 Å². The maximum atomic E-state index is 14.2. The van der Waals surface area contributed by atoms with Gasteiger partial charge in [0, 0.05) is 7.05 Å². The summed E-state index contributed by atoms with van der Waals surface area (Å²) < 4.78 is 71.1. The van der Waals surface area contributed by atoms with Crippen LogP contribution in [0.5, 0.6) is 0 Å². The summed E-state index contributed by atoms with van der Waals surface area (Å²) in [6.07, 6.45) is 0. The summed E-state index contributed by atoms with van der Waals surface area (Å²) >= 11 is 0. The van der Waals surface area contributed by atoms with E-state index in [1.54, 1.807) is 54.1 Å². The Morgan fingerprint density at radius 1 is 0.900 bits per heavy atom. The number of halogens is 3. The fourth-order valence-corrected chi connectivity index (χ4v) is 4.52. The second kappa shape index (κ2) is 7.58. The minimum atomic E-state index is -4.56. The molecule has 5 nitrogen and oxygen atoms in total. The summed E-state index contributed by atoms with van der Waals surface area (Å²) in [4.78, 5) is 3.54. The molecule has 1 unspecified atom stereocenters. The zero-order valence-corrected chi connectivity index (χ0v) is 16.5. The molecular formula is C21H16F3N3O2S. The Balaban J connectivity index is 1.86. The highest BCUT2D eigenvalue weighted by Gasteiger charge is 2.30. The largest absolute Gasteiger partial charge is 0.329 e. The van der Waals surface area contributed by atoms with Crippen LogP contribution >= 0.6 is 0 Å². The maximum Gasteiger partial charge on any atom is 0.244 e. The van der Waals surface area contributed by atoms with Gasteiger partial charge in [-0.25, -0.2) is 26.6 Å². The number of benzene rings is 3. The lowest BCUT2D eigenvalue weighted by atomic mass is 10.1. The Morgan fingerprint density at radius 2 is 1.57 bits per heavy atom. The topological polar surface area (TPSA) is 64.0 Å². The van der Waals surface area contributed by atoms with Crippen LogP contribution in [0.25, 0.3) is 11.0 Å². The molecule has 0 aliphatic carbocycles. The van der Waals surface area contributed by atoms with E-state index in [0.29, 0.717) is 29.0 Å². The normalized spacial score (nSPS) is 12.9. The summed E-state index contributed by atoms with van der Waals surface area (Å²) in [5, 5.41) is 0. The highest BCUT2D eigenvalue weighted by Crippen LogP contribution is 2.28. The number of hydrogen-bond donors (Lipinski definition) is 1. The summed E-state index contributed by atoms with van der Waals surface area (Å²) in [6, 6.07) is 16.1. The van der Waals surface area contributed by atoms with Gasteiger partial charge in [-0.15, -0.1) is 0 Å². The molecule has 3 aromatic carbocycles. The third-order valence-electron chi connectivity index (χ3n) is 4.78. The van der Waals surface area contributed by atoms with Crippen LogP contribution in [0.3, 0.4) is 0 Å². The summed E-state index contributed by atoms with van der Waals surface area (Å²) in [5.74, 6) is -4.74. The first kappa shape index (κ1) is 20.1. The molecule has 30 heavy (non-hydrogen) atoms. The molecule has 0 radical (unpaired) electrons. The number of aromatic nitrogens is 2. The number of rotatable bonds is 5. The molecule has 0 bridgehead atoms. The first-order valence-electron chi connectivity index (χ1n) is 8.91. The van der Waals surface area contributed by atoms with Crippen molar-refractivity contribution in [2.24, 2.45) is 7.05 Å². The van der Waals surface area contributed by atoms with E-state index in [-0.39, 0.29) is 0 Å². The van der Waals surface area contributed by atoms with Crippen molar-refractivity contribution in [3.8, 4) is 0 Å². The predicted octanol–water partition coefficient (Wildman–Crippen LogP) is 4.06. The highest BCUT2D eigenvalue weighted by molar-refractivity contribution is 7.89. The fourth-order valence-electron chi connectivity index (χ4n) is 3.27. The highest BCUT2D eigenvalue weighted by atomic mass is 32.2. The standard InChI is InChI=1S/C21H16F3N3O2S/c1-27-16-10-6-5-9-15(16)25-21(27)20(13-7-3-2-4-8-13)26-30(28,29)17-12-11-14(22)18(23)19(17)24/h2-12,20,26H,1H3. The molecule has 4 rings (SSSR count). The molecule has 0 aliphatic heterocycles. The van der Waals surface area contributed by atoms with Crippen molar-refractivity contribution in [2.45, 2.75) is 10.9 Å². The van der Waals surface area contributed by atoms with Crippen LogP contribution in [-0.4, -0.2) is 18.0 Å². The number of aryl methyl sites for hydroxylation is 1. The quantitative estimate of drug-likeness (QED) is 0.485. The zero-order chi connectivity index (χ0) is 21.5. The number of hydrogen-bond acceptors (Lipinski definition) is 3. The molecular weight excluding hydrogens is 415 g/mol. The second-order valence-electron chi connectivity index (χ2n) is 6.66. The Hall–Kier alpha value is -3.17. The van der Waals surface area contributed by atoms with E-state index < -0.39 is 38.4 Å². The van der Waals surface area contributed by atoms with Crippen LogP contribution in [0.4, 0.5) is 13.2 Å². The Labute approximate surface area is 170 Å².